The van der Waals surface area contributed by atoms with E-state index in [1.165, 1.54) is 6.92 Å². The Morgan fingerprint density at radius 2 is 2.00 bits per heavy atom. The molecule has 1 N–H and O–H groups in total. The molecule has 2 rings (SSSR count). The molecule has 0 fully saturated rings. The van der Waals surface area contributed by atoms with Gasteiger partial charge in [0.1, 0.15) is 0 Å². The Hall–Kier alpha value is -1.91. The standard InChI is InChI=1S/C13H15F2N3/c1-10(13(14)15)17-12-7-16-18(9-12)8-11-5-3-2-4-6-11/h2-7,9-10,13,17H,8H2,1H3. The Kier molecular flexibility index (Phi) is 3.92. The molecule has 0 bridgehead atoms. The van der Waals surface area contributed by atoms with Gasteiger partial charge in [-0.3, -0.25) is 4.68 Å². The van der Waals surface area contributed by atoms with Gasteiger partial charge in [-0.05, 0) is 12.5 Å². The summed E-state index contributed by atoms with van der Waals surface area (Å²) in [5.74, 6) is 0. The molecule has 5 heteroatoms. The molecule has 1 aromatic heterocycles. The van der Waals surface area contributed by atoms with Crippen molar-refractivity contribution in [2.24, 2.45) is 0 Å². The van der Waals surface area contributed by atoms with E-state index in [1.54, 1.807) is 17.1 Å². The van der Waals surface area contributed by atoms with Crippen molar-refractivity contribution in [3.63, 3.8) is 0 Å². The summed E-state index contributed by atoms with van der Waals surface area (Å²) in [5.41, 5.74) is 1.73. The summed E-state index contributed by atoms with van der Waals surface area (Å²) >= 11 is 0. The van der Waals surface area contributed by atoms with Crippen LogP contribution in [0, 0.1) is 0 Å². The summed E-state index contributed by atoms with van der Waals surface area (Å²) < 4.78 is 26.5. The molecule has 1 atom stereocenters. The van der Waals surface area contributed by atoms with Gasteiger partial charge in [0, 0.05) is 6.20 Å². The molecule has 18 heavy (non-hydrogen) atoms. The summed E-state index contributed by atoms with van der Waals surface area (Å²) in [6.45, 7) is 2.07. The number of halogens is 2. The highest BCUT2D eigenvalue weighted by Crippen LogP contribution is 2.12. The molecule has 0 spiro atoms. The number of aromatic nitrogens is 2. The predicted molar refractivity (Wildman–Crippen MR) is 66.9 cm³/mol. The Bertz CT molecular complexity index is 482. The molecule has 0 aliphatic carbocycles. The molecule has 1 heterocycles. The number of anilines is 1. The topological polar surface area (TPSA) is 29.9 Å². The van der Waals surface area contributed by atoms with Crippen LogP contribution in [-0.2, 0) is 6.54 Å². The minimum Gasteiger partial charge on any atom is -0.374 e. The third kappa shape index (κ3) is 3.29. The maximum absolute atomic E-state index is 12.4. The van der Waals surface area contributed by atoms with Gasteiger partial charge in [0.05, 0.1) is 24.5 Å². The van der Waals surface area contributed by atoms with Crippen LogP contribution in [0.15, 0.2) is 42.7 Å². The summed E-state index contributed by atoms with van der Waals surface area (Å²) in [5, 5.41) is 6.85. The average Bonchev–Trinajstić information content (AvgIpc) is 2.77. The quantitative estimate of drug-likeness (QED) is 0.885. The van der Waals surface area contributed by atoms with E-state index in [1.807, 2.05) is 30.3 Å². The van der Waals surface area contributed by atoms with Crippen molar-refractivity contribution in [3.8, 4) is 0 Å². The third-order valence-corrected chi connectivity index (χ3v) is 2.59. The van der Waals surface area contributed by atoms with Gasteiger partial charge in [0.25, 0.3) is 6.43 Å². The van der Waals surface area contributed by atoms with E-state index >= 15 is 0 Å². The van der Waals surface area contributed by atoms with Crippen LogP contribution in [0.1, 0.15) is 12.5 Å². The van der Waals surface area contributed by atoms with Gasteiger partial charge in [-0.15, -0.1) is 0 Å². The van der Waals surface area contributed by atoms with Crippen molar-refractivity contribution in [1.82, 2.24) is 9.78 Å². The van der Waals surface area contributed by atoms with E-state index in [9.17, 15) is 8.78 Å². The van der Waals surface area contributed by atoms with Gasteiger partial charge < -0.3 is 5.32 Å². The Morgan fingerprint density at radius 3 is 2.67 bits per heavy atom. The van der Waals surface area contributed by atoms with Crippen LogP contribution in [0.5, 0.6) is 0 Å². The highest BCUT2D eigenvalue weighted by Gasteiger charge is 2.14. The van der Waals surface area contributed by atoms with Gasteiger partial charge in [-0.2, -0.15) is 5.10 Å². The monoisotopic (exact) mass is 251 g/mol. The maximum Gasteiger partial charge on any atom is 0.258 e. The van der Waals surface area contributed by atoms with Crippen molar-refractivity contribution < 1.29 is 8.78 Å². The van der Waals surface area contributed by atoms with Crippen molar-refractivity contribution in [1.29, 1.82) is 0 Å². The SMILES string of the molecule is CC(Nc1cnn(Cc2ccccc2)c1)C(F)F. The summed E-state index contributed by atoms with van der Waals surface area (Å²) in [6, 6.07) is 8.98. The van der Waals surface area contributed by atoms with E-state index in [2.05, 4.69) is 10.4 Å². The second-order valence-electron chi connectivity index (χ2n) is 4.18. The molecular weight excluding hydrogens is 236 g/mol. The van der Waals surface area contributed by atoms with Crippen LogP contribution in [0.2, 0.25) is 0 Å². The van der Waals surface area contributed by atoms with E-state index in [0.717, 1.165) is 5.56 Å². The number of benzene rings is 1. The Labute approximate surface area is 104 Å². The minimum atomic E-state index is -2.39. The second-order valence-corrected chi connectivity index (χ2v) is 4.18. The van der Waals surface area contributed by atoms with E-state index < -0.39 is 12.5 Å². The highest BCUT2D eigenvalue weighted by atomic mass is 19.3. The second kappa shape index (κ2) is 5.62. The zero-order valence-electron chi connectivity index (χ0n) is 10.1. The van der Waals surface area contributed by atoms with Crippen LogP contribution >= 0.6 is 0 Å². The number of alkyl halides is 2. The van der Waals surface area contributed by atoms with Crippen molar-refractivity contribution in [2.75, 3.05) is 5.32 Å². The molecule has 0 amide bonds. The Morgan fingerprint density at radius 1 is 1.28 bits per heavy atom. The smallest absolute Gasteiger partial charge is 0.258 e. The molecule has 2 aromatic rings. The lowest BCUT2D eigenvalue weighted by molar-refractivity contribution is 0.131. The lowest BCUT2D eigenvalue weighted by Gasteiger charge is -2.11. The lowest BCUT2D eigenvalue weighted by Crippen LogP contribution is -2.23. The first-order valence-corrected chi connectivity index (χ1v) is 5.76. The fraction of sp³-hybridized carbons (Fsp3) is 0.308. The van der Waals surface area contributed by atoms with Gasteiger partial charge in [-0.1, -0.05) is 30.3 Å². The van der Waals surface area contributed by atoms with Gasteiger partial charge >= 0.3 is 0 Å². The number of nitrogens with one attached hydrogen (secondary N) is 1. The number of hydrogen-bond donors (Lipinski definition) is 1. The first-order valence-electron chi connectivity index (χ1n) is 5.76. The average molecular weight is 251 g/mol. The molecule has 0 radical (unpaired) electrons. The number of hydrogen-bond acceptors (Lipinski definition) is 2. The first-order chi connectivity index (χ1) is 8.65. The largest absolute Gasteiger partial charge is 0.374 e. The van der Waals surface area contributed by atoms with Crippen LogP contribution in [0.25, 0.3) is 0 Å². The summed E-state index contributed by atoms with van der Waals surface area (Å²) in [4.78, 5) is 0. The molecule has 1 aromatic carbocycles. The summed E-state index contributed by atoms with van der Waals surface area (Å²) in [6.07, 6.45) is 0.899. The molecule has 0 saturated heterocycles. The number of nitrogens with zero attached hydrogens (tertiary/aromatic N) is 2. The van der Waals surface area contributed by atoms with Crippen molar-refractivity contribution >= 4 is 5.69 Å². The predicted octanol–water partition coefficient (Wildman–Crippen LogP) is 3.00. The molecule has 0 aliphatic rings. The fourth-order valence-electron chi connectivity index (χ4n) is 1.62. The van der Waals surface area contributed by atoms with E-state index in [4.69, 9.17) is 0 Å². The molecule has 1 unspecified atom stereocenters. The van der Waals surface area contributed by atoms with Crippen molar-refractivity contribution in [2.45, 2.75) is 25.9 Å². The van der Waals surface area contributed by atoms with Crippen molar-refractivity contribution in [3.05, 3.63) is 48.3 Å². The van der Waals surface area contributed by atoms with E-state index in [-0.39, 0.29) is 0 Å². The van der Waals surface area contributed by atoms with Crippen LogP contribution < -0.4 is 5.32 Å². The third-order valence-electron chi connectivity index (χ3n) is 2.59. The molecule has 0 aliphatic heterocycles. The minimum absolute atomic E-state index is 0.610. The van der Waals surface area contributed by atoms with Gasteiger partial charge in [-0.25, -0.2) is 8.78 Å². The maximum atomic E-state index is 12.4. The van der Waals surface area contributed by atoms with Crippen LogP contribution in [-0.4, -0.2) is 22.2 Å². The zero-order valence-corrected chi connectivity index (χ0v) is 10.1. The van der Waals surface area contributed by atoms with Crippen LogP contribution in [0.4, 0.5) is 14.5 Å². The number of rotatable bonds is 5. The zero-order chi connectivity index (χ0) is 13.0. The fourth-order valence-corrected chi connectivity index (χ4v) is 1.62. The first kappa shape index (κ1) is 12.5. The molecule has 3 nitrogen and oxygen atoms in total. The molecule has 96 valence electrons. The normalized spacial score (nSPS) is 12.7. The molecular formula is C13H15F2N3. The molecule has 0 saturated carbocycles. The highest BCUT2D eigenvalue weighted by molar-refractivity contribution is 5.39. The summed E-state index contributed by atoms with van der Waals surface area (Å²) in [7, 11) is 0. The van der Waals surface area contributed by atoms with E-state index in [0.29, 0.717) is 12.2 Å². The Balaban J connectivity index is 1.98. The lowest BCUT2D eigenvalue weighted by atomic mass is 10.2. The van der Waals surface area contributed by atoms with Crippen LogP contribution in [0.3, 0.4) is 0 Å². The van der Waals surface area contributed by atoms with Gasteiger partial charge in [0.15, 0.2) is 0 Å². The van der Waals surface area contributed by atoms with Gasteiger partial charge in [0.2, 0.25) is 0 Å².